The van der Waals surface area contributed by atoms with E-state index < -0.39 is 13.9 Å². The number of hydrogen-bond acceptors (Lipinski definition) is 4. The maximum absolute atomic E-state index is 12.9. The molecule has 6 heteroatoms. The Hall–Kier alpha value is -0.883. The molecule has 2 aliphatic heterocycles. The van der Waals surface area contributed by atoms with Crippen LogP contribution >= 0.6 is 0 Å². The van der Waals surface area contributed by atoms with E-state index in [1.165, 1.54) is 0 Å². The van der Waals surface area contributed by atoms with Crippen molar-refractivity contribution in [2.45, 2.75) is 122 Å². The predicted molar refractivity (Wildman–Crippen MR) is 120 cm³/mol. The maximum Gasteiger partial charge on any atom is 0.410 e. The van der Waals surface area contributed by atoms with Gasteiger partial charge < -0.3 is 14.1 Å². The number of fused-ring (bicyclic) bond motifs is 2. The summed E-state index contributed by atoms with van der Waals surface area (Å²) in [4.78, 5) is 27.5. The van der Waals surface area contributed by atoms with E-state index in [9.17, 15) is 9.59 Å². The van der Waals surface area contributed by atoms with Gasteiger partial charge in [0, 0.05) is 31.0 Å². The number of carbonyl (C=O) groups excluding carboxylic acids is 2. The molecule has 2 atom stereocenters. The second-order valence-electron chi connectivity index (χ2n) is 11.5. The lowest BCUT2D eigenvalue weighted by atomic mass is 9.76. The fourth-order valence-corrected chi connectivity index (χ4v) is 5.34. The number of ketones is 1. The van der Waals surface area contributed by atoms with Gasteiger partial charge in [-0.15, -0.1) is 0 Å². The quantitative estimate of drug-likeness (QED) is 0.391. The molecule has 1 amide bonds. The smallest absolute Gasteiger partial charge is 0.410 e. The third-order valence-corrected chi connectivity index (χ3v) is 11.4. The fraction of sp³-hybridized carbons (Fsp3) is 0.913. The van der Waals surface area contributed by atoms with Gasteiger partial charge in [-0.1, -0.05) is 20.8 Å². The van der Waals surface area contributed by atoms with Crippen LogP contribution < -0.4 is 0 Å². The molecule has 29 heavy (non-hydrogen) atoms. The van der Waals surface area contributed by atoms with E-state index >= 15 is 0 Å². The highest BCUT2D eigenvalue weighted by Crippen LogP contribution is 2.39. The summed E-state index contributed by atoms with van der Waals surface area (Å²) in [6, 6.07) is 0.296. The first-order valence-electron chi connectivity index (χ1n) is 11.4. The van der Waals surface area contributed by atoms with Crippen molar-refractivity contribution < 1.29 is 18.8 Å². The average molecular weight is 426 g/mol. The largest absolute Gasteiger partial charge is 0.444 e. The summed E-state index contributed by atoms with van der Waals surface area (Å²) >= 11 is 0. The maximum atomic E-state index is 12.9. The summed E-state index contributed by atoms with van der Waals surface area (Å²) in [7, 11) is -1.75. The van der Waals surface area contributed by atoms with E-state index in [2.05, 4.69) is 33.9 Å². The van der Waals surface area contributed by atoms with Gasteiger partial charge in [-0.25, -0.2) is 4.79 Å². The highest BCUT2D eigenvalue weighted by atomic mass is 28.4. The minimum absolute atomic E-state index is 0.0804. The molecule has 0 radical (unpaired) electrons. The Balaban J connectivity index is 1.86. The van der Waals surface area contributed by atoms with E-state index in [4.69, 9.17) is 9.16 Å². The van der Waals surface area contributed by atoms with Gasteiger partial charge in [0.1, 0.15) is 11.4 Å². The van der Waals surface area contributed by atoms with Crippen molar-refractivity contribution in [2.75, 3.05) is 6.61 Å². The van der Waals surface area contributed by atoms with Crippen molar-refractivity contribution in [3.63, 3.8) is 0 Å². The predicted octanol–water partition coefficient (Wildman–Crippen LogP) is 5.93. The monoisotopic (exact) mass is 425 g/mol. The third-order valence-electron chi connectivity index (χ3n) is 6.87. The summed E-state index contributed by atoms with van der Waals surface area (Å²) < 4.78 is 11.9. The average Bonchev–Trinajstić information content (AvgIpc) is 2.54. The molecule has 0 aliphatic carbocycles. The van der Waals surface area contributed by atoms with Crippen LogP contribution in [0.4, 0.5) is 4.79 Å². The Bertz CT molecular complexity index is 577. The first kappa shape index (κ1) is 24.4. The molecule has 2 fully saturated rings. The molecule has 5 nitrogen and oxygen atoms in total. The minimum atomic E-state index is -1.75. The van der Waals surface area contributed by atoms with E-state index in [0.717, 1.165) is 38.5 Å². The van der Waals surface area contributed by atoms with Crippen LogP contribution in [0.15, 0.2) is 0 Å². The first-order chi connectivity index (χ1) is 13.2. The number of nitrogens with zero attached hydrogens (tertiary/aromatic N) is 1. The molecule has 2 bridgehead atoms. The Labute approximate surface area is 179 Å². The van der Waals surface area contributed by atoms with Crippen LogP contribution in [0.2, 0.25) is 18.1 Å². The van der Waals surface area contributed by atoms with Gasteiger partial charge in [-0.3, -0.25) is 4.79 Å². The highest BCUT2D eigenvalue weighted by molar-refractivity contribution is 6.74. The normalized spacial score (nSPS) is 25.7. The summed E-state index contributed by atoms with van der Waals surface area (Å²) in [6.07, 6.45) is 5.85. The molecule has 0 aromatic heterocycles. The van der Waals surface area contributed by atoms with E-state index in [1.54, 1.807) is 0 Å². The van der Waals surface area contributed by atoms with Crippen molar-refractivity contribution in [2.24, 2.45) is 5.92 Å². The van der Waals surface area contributed by atoms with Crippen LogP contribution in [0, 0.1) is 5.92 Å². The van der Waals surface area contributed by atoms with Gasteiger partial charge in [0.25, 0.3) is 0 Å². The number of piperidine rings is 2. The molecule has 168 valence electrons. The molecular formula is C23H43NO4Si. The Morgan fingerprint density at radius 1 is 1.00 bits per heavy atom. The van der Waals surface area contributed by atoms with Crippen LogP contribution in [0.25, 0.3) is 0 Å². The number of hydrogen-bond donors (Lipinski definition) is 0. The summed E-state index contributed by atoms with van der Waals surface area (Å²) in [5.41, 5.74) is -0.484. The summed E-state index contributed by atoms with van der Waals surface area (Å²) in [6.45, 7) is 17.6. The Morgan fingerprint density at radius 2 is 1.55 bits per heavy atom. The summed E-state index contributed by atoms with van der Waals surface area (Å²) in [5.74, 6) is 0.432. The van der Waals surface area contributed by atoms with Gasteiger partial charge in [-0.05, 0) is 77.4 Å². The second-order valence-corrected chi connectivity index (χ2v) is 16.3. The second kappa shape index (κ2) is 9.09. The molecule has 0 aromatic rings. The van der Waals surface area contributed by atoms with Crippen molar-refractivity contribution in [1.29, 1.82) is 0 Å². The van der Waals surface area contributed by atoms with Crippen molar-refractivity contribution >= 4 is 20.2 Å². The third kappa shape index (κ3) is 6.55. The topological polar surface area (TPSA) is 55.8 Å². The van der Waals surface area contributed by atoms with Gasteiger partial charge in [0.2, 0.25) is 0 Å². The van der Waals surface area contributed by atoms with Gasteiger partial charge >= 0.3 is 6.09 Å². The fourth-order valence-electron chi connectivity index (χ4n) is 4.25. The summed E-state index contributed by atoms with van der Waals surface area (Å²) in [5, 5.41) is 0.197. The van der Waals surface area contributed by atoms with E-state index in [1.807, 2.05) is 25.7 Å². The van der Waals surface area contributed by atoms with Crippen molar-refractivity contribution in [3.05, 3.63) is 0 Å². The molecule has 2 unspecified atom stereocenters. The number of amides is 1. The molecular weight excluding hydrogens is 382 g/mol. The van der Waals surface area contributed by atoms with Gasteiger partial charge in [-0.2, -0.15) is 0 Å². The molecule has 0 saturated carbocycles. The van der Waals surface area contributed by atoms with E-state index in [-0.39, 0.29) is 29.1 Å². The van der Waals surface area contributed by atoms with Gasteiger partial charge in [0.15, 0.2) is 8.32 Å². The molecule has 0 aromatic carbocycles. The highest BCUT2D eigenvalue weighted by Gasteiger charge is 2.44. The molecule has 2 heterocycles. The van der Waals surface area contributed by atoms with Crippen LogP contribution in [0.5, 0.6) is 0 Å². The number of Topliss-reactive ketones (excluding diaryl/α,β-unsaturated/α-hetero) is 1. The van der Waals surface area contributed by atoms with Crippen LogP contribution in [0.3, 0.4) is 0 Å². The lowest BCUT2D eigenvalue weighted by molar-refractivity contribution is -0.127. The van der Waals surface area contributed by atoms with Crippen LogP contribution in [0.1, 0.15) is 86.5 Å². The van der Waals surface area contributed by atoms with Gasteiger partial charge in [0.05, 0.1) is 0 Å². The number of rotatable bonds is 6. The minimum Gasteiger partial charge on any atom is -0.444 e. The zero-order valence-corrected chi connectivity index (χ0v) is 21.0. The molecule has 2 saturated heterocycles. The van der Waals surface area contributed by atoms with E-state index in [0.29, 0.717) is 18.8 Å². The number of ether oxygens (including phenoxy) is 1. The Kier molecular flexibility index (Phi) is 7.64. The zero-order valence-electron chi connectivity index (χ0n) is 20.0. The molecule has 2 aliphatic rings. The van der Waals surface area contributed by atoms with Crippen molar-refractivity contribution in [1.82, 2.24) is 4.90 Å². The SMILES string of the molecule is CC(C)(C)OC(=O)N1C2CCCC1CC(C(=O)CCCO[Si](C)(C)C(C)(C)C)C2. The molecule has 0 spiro atoms. The standard InChI is InChI=1S/C23H43NO4Si/c1-22(2,3)28-21(26)24-18-11-9-12-19(24)16-17(15-18)20(25)13-10-14-27-29(7,8)23(4,5)6/h17-19H,9-16H2,1-8H3. The van der Waals surface area contributed by atoms with Crippen LogP contribution in [-0.4, -0.2) is 49.4 Å². The lowest BCUT2D eigenvalue weighted by Gasteiger charge is -2.48. The molecule has 2 rings (SSSR count). The molecule has 0 N–H and O–H groups in total. The lowest BCUT2D eigenvalue weighted by Crippen LogP contribution is -2.56. The first-order valence-corrected chi connectivity index (χ1v) is 14.3. The van der Waals surface area contributed by atoms with Crippen molar-refractivity contribution in [3.8, 4) is 0 Å². The van der Waals surface area contributed by atoms with Crippen LogP contribution in [-0.2, 0) is 14.0 Å². The Morgan fingerprint density at radius 3 is 2.03 bits per heavy atom. The number of carbonyl (C=O) groups is 2. The zero-order chi connectivity index (χ0) is 22.0.